The van der Waals surface area contributed by atoms with Gasteiger partial charge in [0.1, 0.15) is 0 Å². The molecule has 1 rings (SSSR count). The zero-order chi connectivity index (χ0) is 5.98. The summed E-state index contributed by atoms with van der Waals surface area (Å²) >= 11 is 0. The second kappa shape index (κ2) is 3.44. The molecule has 0 amide bonds. The number of para-hydroxylation sites is 1. The summed E-state index contributed by atoms with van der Waals surface area (Å²) < 4.78 is 0. The Kier molecular flexibility index (Phi) is 3.22. The summed E-state index contributed by atoms with van der Waals surface area (Å²) in [7, 11) is 0. The number of aromatic hydroxyl groups is 2. The normalized spacial score (nSPS) is 8.00. The maximum atomic E-state index is 8.64. The number of hydrogen-bond acceptors (Lipinski definition) is 2. The molecule has 0 saturated carbocycles. The standard InChI is InChI=1S/C6H5O2.Li/c7-5-3-1-2-4-6(5)8;/h1-3,7-8H;/q-1;+1. The minimum atomic E-state index is -0.201. The van der Waals surface area contributed by atoms with Gasteiger partial charge in [-0.15, -0.1) is 12.1 Å². The molecule has 9 heavy (non-hydrogen) atoms. The Morgan fingerprint density at radius 2 is 2.00 bits per heavy atom. The minimum Gasteiger partial charge on any atom is -0.562 e. The Morgan fingerprint density at radius 3 is 2.33 bits per heavy atom. The van der Waals surface area contributed by atoms with Gasteiger partial charge in [-0.05, 0) is 0 Å². The fourth-order valence-corrected chi connectivity index (χ4v) is 0.419. The Balaban J connectivity index is 0.000000640. The molecule has 0 spiro atoms. The van der Waals surface area contributed by atoms with Crippen LogP contribution in [0.15, 0.2) is 18.2 Å². The molecule has 1 aromatic rings. The van der Waals surface area contributed by atoms with Gasteiger partial charge in [-0.3, -0.25) is 0 Å². The number of benzene rings is 1. The van der Waals surface area contributed by atoms with E-state index >= 15 is 0 Å². The molecule has 0 aliphatic rings. The van der Waals surface area contributed by atoms with E-state index in [0.717, 1.165) is 0 Å². The van der Waals surface area contributed by atoms with Gasteiger partial charge >= 0.3 is 18.9 Å². The van der Waals surface area contributed by atoms with Crippen LogP contribution in [0.25, 0.3) is 0 Å². The molecule has 0 aliphatic carbocycles. The minimum absolute atomic E-state index is 0. The van der Waals surface area contributed by atoms with E-state index in [1.54, 1.807) is 6.07 Å². The zero-order valence-corrected chi connectivity index (χ0v) is 5.13. The van der Waals surface area contributed by atoms with E-state index in [9.17, 15) is 0 Å². The first-order valence-electron chi connectivity index (χ1n) is 2.19. The molecule has 0 aromatic heterocycles. The van der Waals surface area contributed by atoms with Crippen LogP contribution in [0.2, 0.25) is 0 Å². The van der Waals surface area contributed by atoms with Gasteiger partial charge in [0.25, 0.3) is 0 Å². The number of hydrogen-bond donors (Lipinski definition) is 2. The summed E-state index contributed by atoms with van der Waals surface area (Å²) in [5.74, 6) is -0.333. The van der Waals surface area contributed by atoms with E-state index in [1.165, 1.54) is 12.1 Å². The van der Waals surface area contributed by atoms with Crippen LogP contribution in [-0.2, 0) is 0 Å². The van der Waals surface area contributed by atoms with Crippen molar-refractivity contribution < 1.29 is 29.1 Å². The topological polar surface area (TPSA) is 40.5 Å². The molecule has 0 atom stereocenters. The smallest absolute Gasteiger partial charge is 0.562 e. The first kappa shape index (κ1) is 8.42. The van der Waals surface area contributed by atoms with Crippen molar-refractivity contribution in [3.8, 4) is 11.5 Å². The van der Waals surface area contributed by atoms with Crippen molar-refractivity contribution in [2.45, 2.75) is 0 Å². The quantitative estimate of drug-likeness (QED) is 0.231. The maximum Gasteiger partial charge on any atom is 1.00 e. The third-order valence-electron chi connectivity index (χ3n) is 0.813. The van der Waals surface area contributed by atoms with E-state index < -0.39 is 0 Å². The van der Waals surface area contributed by atoms with Gasteiger partial charge in [0.15, 0.2) is 0 Å². The third kappa shape index (κ3) is 2.01. The molecule has 0 bridgehead atoms. The molecule has 0 heterocycles. The second-order valence-corrected chi connectivity index (χ2v) is 1.40. The van der Waals surface area contributed by atoms with Crippen molar-refractivity contribution in [3.05, 3.63) is 24.3 Å². The van der Waals surface area contributed by atoms with E-state index in [-0.39, 0.29) is 30.4 Å². The number of phenols is 2. The Morgan fingerprint density at radius 1 is 1.33 bits per heavy atom. The Bertz CT molecular complexity index is 167. The fourth-order valence-electron chi connectivity index (χ4n) is 0.419. The van der Waals surface area contributed by atoms with Crippen molar-refractivity contribution >= 4 is 0 Å². The summed E-state index contributed by atoms with van der Waals surface area (Å²) in [6, 6.07) is 6.91. The molecule has 3 heteroatoms. The molecule has 0 aliphatic heterocycles. The summed E-state index contributed by atoms with van der Waals surface area (Å²) in [5, 5.41) is 17.3. The van der Waals surface area contributed by atoms with Crippen LogP contribution in [-0.4, -0.2) is 10.2 Å². The van der Waals surface area contributed by atoms with Crippen molar-refractivity contribution in [1.82, 2.24) is 0 Å². The summed E-state index contributed by atoms with van der Waals surface area (Å²) in [6.07, 6.45) is 0. The van der Waals surface area contributed by atoms with E-state index in [4.69, 9.17) is 10.2 Å². The van der Waals surface area contributed by atoms with Crippen LogP contribution in [0.5, 0.6) is 11.5 Å². The molecule has 0 unspecified atom stereocenters. The Labute approximate surface area is 65.3 Å². The van der Waals surface area contributed by atoms with Gasteiger partial charge in [0, 0.05) is 11.5 Å². The first-order chi connectivity index (χ1) is 3.80. The largest absolute Gasteiger partial charge is 1.00 e. The van der Waals surface area contributed by atoms with Gasteiger partial charge < -0.3 is 10.2 Å². The van der Waals surface area contributed by atoms with Crippen LogP contribution < -0.4 is 18.9 Å². The molecule has 42 valence electrons. The molecular weight excluding hydrogens is 111 g/mol. The van der Waals surface area contributed by atoms with Gasteiger partial charge in [-0.25, -0.2) is 0 Å². The van der Waals surface area contributed by atoms with Crippen molar-refractivity contribution in [3.63, 3.8) is 0 Å². The predicted molar refractivity (Wildman–Crippen MR) is 28.6 cm³/mol. The molecule has 0 fully saturated rings. The monoisotopic (exact) mass is 116 g/mol. The van der Waals surface area contributed by atoms with E-state index in [2.05, 4.69) is 6.07 Å². The van der Waals surface area contributed by atoms with Gasteiger partial charge in [0.05, 0.1) is 0 Å². The van der Waals surface area contributed by atoms with Crippen LogP contribution >= 0.6 is 0 Å². The van der Waals surface area contributed by atoms with Crippen molar-refractivity contribution in [2.75, 3.05) is 0 Å². The van der Waals surface area contributed by atoms with Crippen LogP contribution in [0.1, 0.15) is 0 Å². The number of phenolic OH excluding ortho intramolecular Hbond substituents is 2. The summed E-state index contributed by atoms with van der Waals surface area (Å²) in [4.78, 5) is 0. The van der Waals surface area contributed by atoms with Crippen molar-refractivity contribution in [1.29, 1.82) is 0 Å². The SMILES string of the molecule is Oc1[c-]cccc1O.[Li+]. The maximum absolute atomic E-state index is 8.64. The molecule has 1 aromatic carbocycles. The average molecular weight is 116 g/mol. The Hall–Kier alpha value is -0.583. The summed E-state index contributed by atoms with van der Waals surface area (Å²) in [6.45, 7) is 0. The molecular formula is C6H5LiO2. The second-order valence-electron chi connectivity index (χ2n) is 1.40. The van der Waals surface area contributed by atoms with Crippen molar-refractivity contribution in [2.24, 2.45) is 0 Å². The van der Waals surface area contributed by atoms with Crippen LogP contribution in [0.3, 0.4) is 0 Å². The van der Waals surface area contributed by atoms with E-state index in [0.29, 0.717) is 0 Å². The van der Waals surface area contributed by atoms with Gasteiger partial charge in [-0.1, -0.05) is 0 Å². The molecule has 2 nitrogen and oxygen atoms in total. The van der Waals surface area contributed by atoms with Crippen LogP contribution in [0.4, 0.5) is 0 Å². The summed E-state index contributed by atoms with van der Waals surface area (Å²) in [5.41, 5.74) is 0. The molecule has 2 N–H and O–H groups in total. The van der Waals surface area contributed by atoms with E-state index in [1.807, 2.05) is 0 Å². The zero-order valence-electron chi connectivity index (χ0n) is 5.13. The number of rotatable bonds is 0. The first-order valence-corrected chi connectivity index (χ1v) is 2.19. The third-order valence-corrected chi connectivity index (χ3v) is 0.813. The molecule has 0 radical (unpaired) electrons. The average Bonchev–Trinajstić information content (AvgIpc) is 1.77. The van der Waals surface area contributed by atoms with Crippen LogP contribution in [0, 0.1) is 6.07 Å². The van der Waals surface area contributed by atoms with Gasteiger partial charge in [-0.2, -0.15) is 12.1 Å². The predicted octanol–water partition coefficient (Wildman–Crippen LogP) is -2.10. The van der Waals surface area contributed by atoms with Gasteiger partial charge in [0.2, 0.25) is 0 Å². The fraction of sp³-hybridized carbons (Fsp3) is 0. The molecule has 0 saturated heterocycles.